The van der Waals surface area contributed by atoms with E-state index < -0.39 is 5.91 Å². The number of rotatable bonds is 6. The third-order valence-electron chi connectivity index (χ3n) is 4.91. The van der Waals surface area contributed by atoms with Crippen LogP contribution in [0.5, 0.6) is 17.2 Å². The summed E-state index contributed by atoms with van der Waals surface area (Å²) in [5.41, 5.74) is 3.35. The number of amides is 1. The van der Waals surface area contributed by atoms with Crippen molar-refractivity contribution in [2.24, 2.45) is 0 Å². The van der Waals surface area contributed by atoms with Crippen LogP contribution in [0.2, 0.25) is 0 Å². The lowest BCUT2D eigenvalue weighted by Gasteiger charge is -2.12. The summed E-state index contributed by atoms with van der Waals surface area (Å²) in [5, 5.41) is 12.3. The van der Waals surface area contributed by atoms with Gasteiger partial charge < -0.3 is 19.5 Å². The molecule has 6 nitrogen and oxygen atoms in total. The lowest BCUT2D eigenvalue weighted by Crippen LogP contribution is -2.14. The lowest BCUT2D eigenvalue weighted by molar-refractivity contribution is -0.112. The summed E-state index contributed by atoms with van der Waals surface area (Å²) in [7, 11) is 0. The van der Waals surface area contributed by atoms with Crippen LogP contribution in [0, 0.1) is 25.4 Å². The Bertz CT molecular complexity index is 1270. The topological polar surface area (TPSA) is 80.6 Å². The first-order valence-corrected chi connectivity index (χ1v) is 12.1. The van der Waals surface area contributed by atoms with Crippen molar-refractivity contribution in [2.75, 3.05) is 12.1 Å². The van der Waals surface area contributed by atoms with E-state index in [1.54, 1.807) is 12.1 Å². The predicted molar refractivity (Wildman–Crippen MR) is 142 cm³/mol. The van der Waals surface area contributed by atoms with Gasteiger partial charge in [0.2, 0.25) is 6.79 Å². The van der Waals surface area contributed by atoms with Crippen molar-refractivity contribution >= 4 is 62.9 Å². The lowest BCUT2D eigenvalue weighted by atomic mass is 10.1. The fraction of sp³-hybridized carbons (Fsp3) is 0.120. The number of anilines is 1. The molecule has 8 heteroatoms. The molecule has 1 amide bonds. The van der Waals surface area contributed by atoms with E-state index in [0.29, 0.717) is 18.0 Å². The van der Waals surface area contributed by atoms with Crippen LogP contribution in [0.15, 0.2) is 60.2 Å². The van der Waals surface area contributed by atoms with Gasteiger partial charge in [0, 0.05) is 5.69 Å². The fourth-order valence-corrected chi connectivity index (χ4v) is 5.33. The molecule has 0 spiro atoms. The highest BCUT2D eigenvalue weighted by atomic mass is 127. The van der Waals surface area contributed by atoms with Gasteiger partial charge >= 0.3 is 0 Å². The molecule has 0 saturated heterocycles. The Hall–Kier alpha value is -2.78. The summed E-state index contributed by atoms with van der Waals surface area (Å²) in [6.45, 7) is 2.51. The van der Waals surface area contributed by atoms with Crippen LogP contribution in [0.4, 0.5) is 5.69 Å². The molecule has 0 saturated carbocycles. The van der Waals surface area contributed by atoms with E-state index >= 15 is 0 Å². The van der Waals surface area contributed by atoms with Crippen LogP contribution in [-0.4, -0.2) is 12.7 Å². The van der Waals surface area contributed by atoms with Crippen LogP contribution in [0.25, 0.3) is 6.08 Å². The molecule has 0 fully saturated rings. The van der Waals surface area contributed by atoms with Gasteiger partial charge in [-0.15, -0.1) is 0 Å². The molecule has 1 N–H and O–H groups in total. The number of para-hydroxylation sites is 1. The highest BCUT2D eigenvalue weighted by molar-refractivity contribution is 14.1. The van der Waals surface area contributed by atoms with Gasteiger partial charge in [0.15, 0.2) is 11.5 Å². The first-order valence-electron chi connectivity index (χ1n) is 9.94. The molecule has 3 aromatic rings. The van der Waals surface area contributed by atoms with Gasteiger partial charge in [0.05, 0.1) is 7.14 Å². The molecule has 0 aromatic heterocycles. The van der Waals surface area contributed by atoms with Gasteiger partial charge in [-0.05, 0) is 105 Å². The molecule has 0 bridgehead atoms. The van der Waals surface area contributed by atoms with Gasteiger partial charge in [-0.2, -0.15) is 5.26 Å². The van der Waals surface area contributed by atoms with Crippen molar-refractivity contribution < 1.29 is 19.0 Å². The zero-order chi connectivity index (χ0) is 23.4. The van der Waals surface area contributed by atoms with E-state index in [0.717, 1.165) is 35.3 Å². The minimum absolute atomic E-state index is 0.0267. The van der Waals surface area contributed by atoms with E-state index in [1.165, 1.54) is 0 Å². The maximum atomic E-state index is 12.6. The van der Waals surface area contributed by atoms with E-state index in [1.807, 2.05) is 61.5 Å². The summed E-state index contributed by atoms with van der Waals surface area (Å²) in [6.07, 6.45) is 1.58. The monoisotopic (exact) mass is 664 g/mol. The summed E-state index contributed by atoms with van der Waals surface area (Å²) >= 11 is 4.39. The third kappa shape index (κ3) is 5.59. The number of ether oxygens (including phenoxy) is 3. The quantitative estimate of drug-likeness (QED) is 0.197. The summed E-state index contributed by atoms with van der Waals surface area (Å²) in [5.74, 6) is 1.75. The Kier molecular flexibility index (Phi) is 7.39. The van der Waals surface area contributed by atoms with Gasteiger partial charge in [-0.25, -0.2) is 0 Å². The zero-order valence-corrected chi connectivity index (χ0v) is 21.8. The molecule has 166 valence electrons. The Morgan fingerprint density at radius 1 is 1.12 bits per heavy atom. The van der Waals surface area contributed by atoms with Crippen molar-refractivity contribution in [3.05, 3.63) is 84.0 Å². The average molecular weight is 664 g/mol. The summed E-state index contributed by atoms with van der Waals surface area (Å²) < 4.78 is 18.6. The Morgan fingerprint density at radius 3 is 2.58 bits per heavy atom. The van der Waals surface area contributed by atoms with Crippen LogP contribution in [0.3, 0.4) is 0 Å². The molecule has 0 aliphatic carbocycles. The van der Waals surface area contributed by atoms with E-state index in [2.05, 4.69) is 50.5 Å². The number of aryl methyl sites for hydroxylation is 1. The number of nitriles is 1. The highest BCUT2D eigenvalue weighted by Gasteiger charge is 2.15. The molecule has 1 heterocycles. The zero-order valence-electron chi connectivity index (χ0n) is 17.5. The Morgan fingerprint density at radius 2 is 1.85 bits per heavy atom. The molecule has 1 aliphatic heterocycles. The van der Waals surface area contributed by atoms with Gasteiger partial charge in [-0.3, -0.25) is 4.79 Å². The largest absolute Gasteiger partial charge is 0.487 e. The maximum absolute atomic E-state index is 12.6. The van der Waals surface area contributed by atoms with Crippen molar-refractivity contribution in [1.82, 2.24) is 0 Å². The number of hydrogen-bond acceptors (Lipinski definition) is 5. The number of hydrogen-bond donors (Lipinski definition) is 1. The average Bonchev–Trinajstić information content (AvgIpc) is 3.26. The number of nitrogens with zero attached hydrogens (tertiary/aromatic N) is 1. The minimum Gasteiger partial charge on any atom is -0.487 e. The van der Waals surface area contributed by atoms with Crippen LogP contribution >= 0.6 is 45.2 Å². The van der Waals surface area contributed by atoms with Gasteiger partial charge in [0.25, 0.3) is 5.91 Å². The van der Waals surface area contributed by atoms with Gasteiger partial charge in [-0.1, -0.05) is 24.3 Å². The number of nitrogens with one attached hydrogen (secondary N) is 1. The molecule has 0 unspecified atom stereocenters. The first-order chi connectivity index (χ1) is 15.9. The molecule has 1 aliphatic rings. The smallest absolute Gasteiger partial charge is 0.266 e. The SMILES string of the molecule is Cc1ccccc1NC(=O)/C(C#N)=C\c1cc(I)c(OCc2ccc3c(c2)OCO3)c(I)c1. The Balaban J connectivity index is 1.49. The molecule has 33 heavy (non-hydrogen) atoms. The fourth-order valence-electron chi connectivity index (χ4n) is 3.21. The summed E-state index contributed by atoms with van der Waals surface area (Å²) in [4.78, 5) is 12.6. The number of carbonyl (C=O) groups is 1. The van der Waals surface area contributed by atoms with E-state index in [4.69, 9.17) is 14.2 Å². The van der Waals surface area contributed by atoms with Crippen LogP contribution in [0.1, 0.15) is 16.7 Å². The van der Waals surface area contributed by atoms with Crippen LogP contribution < -0.4 is 19.5 Å². The number of carbonyl (C=O) groups excluding carboxylic acids is 1. The van der Waals surface area contributed by atoms with Gasteiger partial charge in [0.1, 0.15) is 24.0 Å². The summed E-state index contributed by atoms with van der Waals surface area (Å²) in [6, 6.07) is 18.9. The normalized spacial score (nSPS) is 12.2. The highest BCUT2D eigenvalue weighted by Crippen LogP contribution is 2.34. The first kappa shape index (κ1) is 23.4. The third-order valence-corrected chi connectivity index (χ3v) is 6.51. The standard InChI is InChI=1S/C25H18I2N2O4/c1-15-4-2-3-5-21(15)29-25(30)18(12-28)8-17-9-19(26)24(20(27)10-17)31-13-16-6-7-22-23(11-16)33-14-32-22/h2-11H,13-14H2,1H3,(H,29,30)/b18-8-. The Labute approximate surface area is 218 Å². The number of fused-ring (bicyclic) bond motifs is 1. The van der Waals surface area contributed by atoms with Crippen molar-refractivity contribution in [1.29, 1.82) is 5.26 Å². The second kappa shape index (κ2) is 10.4. The molecule has 0 radical (unpaired) electrons. The second-order valence-corrected chi connectivity index (χ2v) is 9.55. The molecular weight excluding hydrogens is 646 g/mol. The predicted octanol–water partition coefficient (Wildman–Crippen LogP) is 6.06. The van der Waals surface area contributed by atoms with E-state index in [9.17, 15) is 10.1 Å². The molecular formula is C25H18I2N2O4. The molecule has 0 atom stereocenters. The number of benzene rings is 3. The van der Waals surface area contributed by atoms with E-state index in [-0.39, 0.29) is 12.4 Å². The molecule has 3 aromatic carbocycles. The van der Waals surface area contributed by atoms with Crippen molar-refractivity contribution in [3.8, 4) is 23.3 Å². The maximum Gasteiger partial charge on any atom is 0.266 e. The van der Waals surface area contributed by atoms with Crippen molar-refractivity contribution in [2.45, 2.75) is 13.5 Å². The van der Waals surface area contributed by atoms with Crippen LogP contribution in [-0.2, 0) is 11.4 Å². The van der Waals surface area contributed by atoms with Crippen molar-refractivity contribution in [3.63, 3.8) is 0 Å². The second-order valence-electron chi connectivity index (χ2n) is 7.23. The minimum atomic E-state index is -0.444. The number of halogens is 2. The molecule has 4 rings (SSSR count).